The van der Waals surface area contributed by atoms with Gasteiger partial charge in [-0.25, -0.2) is 4.39 Å². The Kier molecular flexibility index (Phi) is 4.17. The van der Waals surface area contributed by atoms with Gasteiger partial charge in [0.2, 0.25) is 0 Å². The zero-order chi connectivity index (χ0) is 16.7. The van der Waals surface area contributed by atoms with Crippen LogP contribution in [-0.2, 0) is 9.31 Å². The summed E-state index contributed by atoms with van der Waals surface area (Å²) >= 11 is 1.48. The molecule has 0 N–H and O–H groups in total. The highest BCUT2D eigenvalue weighted by molar-refractivity contribution is 7.11. The van der Waals surface area contributed by atoms with E-state index in [1.54, 1.807) is 12.4 Å². The molecule has 6 heteroatoms. The summed E-state index contributed by atoms with van der Waals surface area (Å²) in [6.07, 6.45) is 5.00. The van der Waals surface area contributed by atoms with E-state index in [9.17, 15) is 4.39 Å². The molecule has 0 radical (unpaired) electrons. The minimum absolute atomic E-state index is 0.414. The van der Waals surface area contributed by atoms with Gasteiger partial charge in [0, 0.05) is 22.8 Å². The Morgan fingerprint density at radius 3 is 2.52 bits per heavy atom. The lowest BCUT2D eigenvalue weighted by atomic mass is 9.87. The van der Waals surface area contributed by atoms with Crippen LogP contribution in [0.4, 0.5) is 4.39 Å². The number of nitrogens with zero attached hydrogens (tertiary/aromatic N) is 1. The van der Waals surface area contributed by atoms with Crippen LogP contribution in [0.3, 0.4) is 0 Å². The molecular formula is C17H19BFNO2S. The van der Waals surface area contributed by atoms with Gasteiger partial charge in [-0.2, -0.15) is 0 Å². The fraction of sp³-hybridized carbons (Fsp3) is 0.353. The van der Waals surface area contributed by atoms with Crippen LogP contribution in [0.5, 0.6) is 0 Å². The van der Waals surface area contributed by atoms with Crippen molar-refractivity contribution in [2.24, 2.45) is 0 Å². The number of halogens is 1. The van der Waals surface area contributed by atoms with Gasteiger partial charge in [0.05, 0.1) is 11.2 Å². The van der Waals surface area contributed by atoms with Crippen molar-refractivity contribution in [2.45, 2.75) is 38.9 Å². The van der Waals surface area contributed by atoms with E-state index >= 15 is 0 Å². The van der Waals surface area contributed by atoms with Gasteiger partial charge in [-0.15, -0.1) is 11.3 Å². The summed E-state index contributed by atoms with van der Waals surface area (Å²) in [5.41, 5.74) is 0.539. The van der Waals surface area contributed by atoms with Gasteiger partial charge in [-0.1, -0.05) is 6.07 Å². The Hall–Kier alpha value is -1.50. The third-order valence-corrected chi connectivity index (χ3v) is 5.25. The first kappa shape index (κ1) is 16.4. The number of pyridine rings is 1. The minimum Gasteiger partial charge on any atom is -0.398 e. The molecule has 1 aliphatic rings. The summed E-state index contributed by atoms with van der Waals surface area (Å²) in [5, 5.41) is 1.99. The maximum atomic E-state index is 14.5. The van der Waals surface area contributed by atoms with Crippen molar-refractivity contribution in [3.63, 3.8) is 0 Å². The van der Waals surface area contributed by atoms with Crippen LogP contribution in [0.15, 0.2) is 41.7 Å². The Balaban J connectivity index is 1.79. The molecule has 3 rings (SSSR count). The predicted molar refractivity (Wildman–Crippen MR) is 92.7 cm³/mol. The molecule has 0 aliphatic carbocycles. The summed E-state index contributed by atoms with van der Waals surface area (Å²) in [7, 11) is -0.955. The van der Waals surface area contributed by atoms with Crippen molar-refractivity contribution < 1.29 is 13.7 Å². The quantitative estimate of drug-likeness (QED) is 0.761. The van der Waals surface area contributed by atoms with E-state index < -0.39 is 24.0 Å². The van der Waals surface area contributed by atoms with E-state index in [0.29, 0.717) is 0 Å². The second-order valence-corrected chi connectivity index (χ2v) is 7.54. The summed E-state index contributed by atoms with van der Waals surface area (Å²) in [4.78, 5) is 4.92. The Labute approximate surface area is 140 Å². The van der Waals surface area contributed by atoms with Gasteiger partial charge in [0.25, 0.3) is 0 Å². The van der Waals surface area contributed by atoms with Crippen LogP contribution in [0.1, 0.15) is 32.6 Å². The summed E-state index contributed by atoms with van der Waals surface area (Å²) in [6.45, 7) is 7.63. The molecule has 2 aromatic heterocycles. The first-order chi connectivity index (χ1) is 10.8. The monoisotopic (exact) mass is 331 g/mol. The van der Waals surface area contributed by atoms with Crippen molar-refractivity contribution in [3.8, 4) is 11.1 Å². The molecule has 0 amide bonds. The molecule has 3 nitrogen and oxygen atoms in total. The van der Waals surface area contributed by atoms with Crippen molar-refractivity contribution in [1.29, 1.82) is 0 Å². The highest BCUT2D eigenvalue weighted by atomic mass is 32.1. The Morgan fingerprint density at radius 1 is 1.22 bits per heavy atom. The fourth-order valence-electron chi connectivity index (χ4n) is 2.27. The normalized spacial score (nSPS) is 20.0. The minimum atomic E-state index is -0.955. The maximum absolute atomic E-state index is 14.5. The van der Waals surface area contributed by atoms with Crippen LogP contribution in [0.25, 0.3) is 17.2 Å². The summed E-state index contributed by atoms with van der Waals surface area (Å²) < 4.78 is 25.9. The zero-order valence-electron chi connectivity index (χ0n) is 13.7. The SMILES string of the molecule is CC1(C)OB(C(F)=Cc2cc(-c3cccnc3)cs2)OC1(C)C. The van der Waals surface area contributed by atoms with Gasteiger partial charge in [-0.3, -0.25) is 4.98 Å². The molecule has 1 fully saturated rings. The van der Waals surface area contributed by atoms with Gasteiger partial charge in [0.1, 0.15) is 5.73 Å². The van der Waals surface area contributed by atoms with Crippen LogP contribution in [-0.4, -0.2) is 23.3 Å². The smallest absolute Gasteiger partial charge is 0.398 e. The molecule has 1 saturated heterocycles. The molecule has 0 unspecified atom stereocenters. The zero-order valence-corrected chi connectivity index (χ0v) is 14.5. The number of hydrogen-bond donors (Lipinski definition) is 0. The van der Waals surface area contributed by atoms with Crippen LogP contribution >= 0.6 is 11.3 Å². The molecule has 23 heavy (non-hydrogen) atoms. The van der Waals surface area contributed by atoms with Gasteiger partial charge < -0.3 is 9.31 Å². The van der Waals surface area contributed by atoms with E-state index in [-0.39, 0.29) is 0 Å². The molecule has 0 spiro atoms. The van der Waals surface area contributed by atoms with E-state index in [2.05, 4.69) is 4.98 Å². The molecule has 0 aromatic carbocycles. The highest BCUT2D eigenvalue weighted by Crippen LogP contribution is 2.39. The van der Waals surface area contributed by atoms with Crippen LogP contribution in [0, 0.1) is 0 Å². The van der Waals surface area contributed by atoms with E-state index in [0.717, 1.165) is 16.0 Å². The lowest BCUT2D eigenvalue weighted by Crippen LogP contribution is -2.41. The predicted octanol–water partition coefficient (Wildman–Crippen LogP) is 4.75. The Bertz CT molecular complexity index is 711. The number of rotatable bonds is 3. The average Bonchev–Trinajstić information content (AvgIpc) is 3.03. The molecular weight excluding hydrogens is 312 g/mol. The lowest BCUT2D eigenvalue weighted by Gasteiger charge is -2.32. The molecule has 120 valence electrons. The van der Waals surface area contributed by atoms with Gasteiger partial charge in [-0.05, 0) is 56.8 Å². The molecule has 0 atom stereocenters. The molecule has 1 aliphatic heterocycles. The molecule has 0 bridgehead atoms. The lowest BCUT2D eigenvalue weighted by molar-refractivity contribution is 0.00578. The van der Waals surface area contributed by atoms with Gasteiger partial charge >= 0.3 is 7.12 Å². The van der Waals surface area contributed by atoms with Crippen LogP contribution in [0.2, 0.25) is 0 Å². The summed E-state index contributed by atoms with van der Waals surface area (Å²) in [5.74, 6) is 0. The maximum Gasteiger partial charge on any atom is 0.525 e. The molecule has 0 saturated carbocycles. The average molecular weight is 331 g/mol. The Morgan fingerprint density at radius 2 is 1.91 bits per heavy atom. The third kappa shape index (κ3) is 3.25. The second kappa shape index (κ2) is 5.85. The topological polar surface area (TPSA) is 31.4 Å². The van der Waals surface area contributed by atoms with Crippen molar-refractivity contribution >= 4 is 24.5 Å². The van der Waals surface area contributed by atoms with E-state index in [1.165, 1.54) is 17.4 Å². The van der Waals surface area contributed by atoms with Crippen molar-refractivity contribution in [3.05, 3.63) is 46.6 Å². The first-order valence-corrected chi connectivity index (χ1v) is 8.38. The number of aromatic nitrogens is 1. The number of thiophene rings is 1. The highest BCUT2D eigenvalue weighted by Gasteiger charge is 2.53. The van der Waals surface area contributed by atoms with Crippen molar-refractivity contribution in [2.75, 3.05) is 0 Å². The molecule has 2 aromatic rings. The van der Waals surface area contributed by atoms with Gasteiger partial charge in [0.15, 0.2) is 0 Å². The van der Waals surface area contributed by atoms with E-state index in [1.807, 2.05) is 51.3 Å². The first-order valence-electron chi connectivity index (χ1n) is 7.50. The number of hydrogen-bond acceptors (Lipinski definition) is 4. The van der Waals surface area contributed by atoms with E-state index in [4.69, 9.17) is 9.31 Å². The standard InChI is InChI=1S/C17H19BFNO2S/c1-16(2)17(3,4)22-18(21-16)15(19)9-14-8-13(11-23-14)12-6-5-7-20-10-12/h5-11H,1-4H3. The fourth-order valence-corrected chi connectivity index (χ4v) is 3.12. The van der Waals surface area contributed by atoms with Crippen LogP contribution < -0.4 is 0 Å². The second-order valence-electron chi connectivity index (χ2n) is 6.60. The largest absolute Gasteiger partial charge is 0.525 e. The van der Waals surface area contributed by atoms with Crippen molar-refractivity contribution in [1.82, 2.24) is 4.98 Å². The molecule has 3 heterocycles. The third-order valence-electron chi connectivity index (χ3n) is 4.37. The summed E-state index contributed by atoms with van der Waals surface area (Å²) in [6, 6.07) is 5.80.